The number of piperidine rings is 1. The lowest BCUT2D eigenvalue weighted by molar-refractivity contribution is -0.139. The number of ether oxygens (including phenoxy) is 1. The maximum atomic E-state index is 10.6. The zero-order chi connectivity index (χ0) is 11.1. The molecule has 2 heterocycles. The fourth-order valence-electron chi connectivity index (χ4n) is 3.17. The third-order valence-corrected chi connectivity index (χ3v) is 3.79. The Morgan fingerprint density at radius 2 is 1.87 bits per heavy atom. The average Bonchev–Trinajstić information content (AvgIpc) is 2.06. The van der Waals surface area contributed by atoms with Crippen LogP contribution in [0.15, 0.2) is 0 Å². The molecular formula is C12H23NO2. The van der Waals surface area contributed by atoms with Crippen molar-refractivity contribution in [3.8, 4) is 0 Å². The molecule has 1 N–H and O–H groups in total. The van der Waals surface area contributed by atoms with E-state index in [1.54, 1.807) is 0 Å². The molecule has 0 spiro atoms. The van der Waals surface area contributed by atoms with Gasteiger partial charge in [-0.1, -0.05) is 13.8 Å². The smallest absolute Gasteiger partial charge is 0.0681 e. The number of aliphatic hydroxyl groups is 1. The van der Waals surface area contributed by atoms with E-state index in [0.29, 0.717) is 18.0 Å². The molecule has 0 saturated carbocycles. The molecule has 0 aromatic carbocycles. The number of nitrogens with zero attached hydrogens (tertiary/aromatic N) is 1. The van der Waals surface area contributed by atoms with E-state index in [9.17, 15) is 5.11 Å². The van der Waals surface area contributed by atoms with Gasteiger partial charge in [0.05, 0.1) is 18.8 Å². The van der Waals surface area contributed by atoms with Crippen molar-refractivity contribution in [1.29, 1.82) is 0 Å². The van der Waals surface area contributed by atoms with E-state index in [1.807, 2.05) is 0 Å². The van der Waals surface area contributed by atoms with Crippen LogP contribution in [0, 0.1) is 5.92 Å². The molecule has 2 aliphatic rings. The molecule has 0 aliphatic carbocycles. The lowest BCUT2D eigenvalue weighted by atomic mass is 9.77. The Bertz CT molecular complexity index is 216. The second kappa shape index (κ2) is 4.04. The van der Waals surface area contributed by atoms with Gasteiger partial charge in [-0.05, 0) is 32.2 Å². The molecule has 2 rings (SSSR count). The number of hydrogen-bond acceptors (Lipinski definition) is 3. The molecule has 15 heavy (non-hydrogen) atoms. The van der Waals surface area contributed by atoms with E-state index in [4.69, 9.17) is 4.74 Å². The second-order valence-corrected chi connectivity index (χ2v) is 5.74. The van der Waals surface area contributed by atoms with E-state index >= 15 is 0 Å². The molecule has 0 aromatic rings. The Labute approximate surface area is 92.4 Å². The van der Waals surface area contributed by atoms with Crippen molar-refractivity contribution in [2.75, 3.05) is 20.3 Å². The summed E-state index contributed by atoms with van der Waals surface area (Å²) in [5.74, 6) is 0.569. The Hall–Kier alpha value is -0.120. The van der Waals surface area contributed by atoms with Crippen molar-refractivity contribution >= 4 is 0 Å². The largest absolute Gasteiger partial charge is 0.390 e. The van der Waals surface area contributed by atoms with E-state index in [0.717, 1.165) is 32.5 Å². The normalized spacial score (nSPS) is 42.2. The van der Waals surface area contributed by atoms with Crippen LogP contribution in [0.5, 0.6) is 0 Å². The van der Waals surface area contributed by atoms with Crippen molar-refractivity contribution < 1.29 is 9.84 Å². The fourth-order valence-corrected chi connectivity index (χ4v) is 3.17. The first-order chi connectivity index (χ1) is 7.00. The summed E-state index contributed by atoms with van der Waals surface area (Å²) in [7, 11) is 2.16. The van der Waals surface area contributed by atoms with Crippen molar-refractivity contribution in [3.63, 3.8) is 0 Å². The van der Waals surface area contributed by atoms with E-state index in [2.05, 4.69) is 25.8 Å². The Morgan fingerprint density at radius 3 is 2.33 bits per heavy atom. The molecule has 2 fully saturated rings. The lowest BCUT2D eigenvalue weighted by Gasteiger charge is -2.50. The van der Waals surface area contributed by atoms with Crippen LogP contribution in [0.2, 0.25) is 0 Å². The molecule has 2 unspecified atom stereocenters. The summed E-state index contributed by atoms with van der Waals surface area (Å²) in [5.41, 5.74) is -0.445. The maximum Gasteiger partial charge on any atom is 0.0681 e. The first-order valence-electron chi connectivity index (χ1n) is 6.02. The molecule has 2 saturated heterocycles. The van der Waals surface area contributed by atoms with Crippen LogP contribution in [0.3, 0.4) is 0 Å². The maximum absolute atomic E-state index is 10.6. The zero-order valence-corrected chi connectivity index (χ0v) is 10.1. The van der Waals surface area contributed by atoms with Gasteiger partial charge in [-0.15, -0.1) is 0 Å². The first-order valence-corrected chi connectivity index (χ1v) is 6.02. The van der Waals surface area contributed by atoms with Gasteiger partial charge in [0.1, 0.15) is 0 Å². The minimum Gasteiger partial charge on any atom is -0.390 e. The Kier molecular flexibility index (Phi) is 3.06. The zero-order valence-electron chi connectivity index (χ0n) is 10.1. The van der Waals surface area contributed by atoms with Gasteiger partial charge in [0.15, 0.2) is 0 Å². The minimum absolute atomic E-state index is 0.418. The SMILES string of the molecule is CC(C)CC1(O)CC2COCC(C1)N2C. The van der Waals surface area contributed by atoms with Crippen LogP contribution in [-0.4, -0.2) is 48.0 Å². The predicted octanol–water partition coefficient (Wildman–Crippen LogP) is 1.26. The highest BCUT2D eigenvalue weighted by Crippen LogP contribution is 2.37. The second-order valence-electron chi connectivity index (χ2n) is 5.74. The summed E-state index contributed by atoms with van der Waals surface area (Å²) in [6, 6.07) is 0.836. The monoisotopic (exact) mass is 213 g/mol. The summed E-state index contributed by atoms with van der Waals surface area (Å²) < 4.78 is 5.55. The van der Waals surface area contributed by atoms with Crippen LogP contribution in [0.1, 0.15) is 33.1 Å². The summed E-state index contributed by atoms with van der Waals surface area (Å²) in [6.45, 7) is 5.94. The van der Waals surface area contributed by atoms with Gasteiger partial charge in [0.25, 0.3) is 0 Å². The molecule has 0 aromatic heterocycles. The topological polar surface area (TPSA) is 32.7 Å². The highest BCUT2D eigenvalue weighted by molar-refractivity contribution is 4.98. The average molecular weight is 213 g/mol. The van der Waals surface area contributed by atoms with Gasteiger partial charge in [-0.25, -0.2) is 0 Å². The van der Waals surface area contributed by atoms with Crippen LogP contribution in [0.4, 0.5) is 0 Å². The molecule has 0 radical (unpaired) electrons. The quantitative estimate of drug-likeness (QED) is 0.749. The van der Waals surface area contributed by atoms with Crippen molar-refractivity contribution in [2.45, 2.75) is 50.8 Å². The molecular weight excluding hydrogens is 190 g/mol. The summed E-state index contributed by atoms with van der Waals surface area (Å²) in [4.78, 5) is 2.39. The molecule has 0 amide bonds. The van der Waals surface area contributed by atoms with Gasteiger partial charge < -0.3 is 9.84 Å². The summed E-state index contributed by atoms with van der Waals surface area (Å²) >= 11 is 0. The molecule has 88 valence electrons. The number of likely N-dealkylation sites (N-methyl/N-ethyl adjacent to an activating group) is 1. The Balaban J connectivity index is 2.06. The summed E-state index contributed by atoms with van der Waals surface area (Å²) in [6.07, 6.45) is 2.67. The lowest BCUT2D eigenvalue weighted by Crippen LogP contribution is -2.60. The van der Waals surface area contributed by atoms with Crippen LogP contribution < -0.4 is 0 Å². The van der Waals surface area contributed by atoms with Crippen LogP contribution in [0.25, 0.3) is 0 Å². The highest BCUT2D eigenvalue weighted by atomic mass is 16.5. The predicted molar refractivity (Wildman–Crippen MR) is 59.8 cm³/mol. The summed E-state index contributed by atoms with van der Waals surface area (Å²) in [5, 5.41) is 10.6. The van der Waals surface area contributed by atoms with Crippen LogP contribution in [-0.2, 0) is 4.74 Å². The van der Waals surface area contributed by atoms with Crippen molar-refractivity contribution in [1.82, 2.24) is 4.90 Å². The van der Waals surface area contributed by atoms with Gasteiger partial charge in [0.2, 0.25) is 0 Å². The van der Waals surface area contributed by atoms with Gasteiger partial charge in [0, 0.05) is 12.1 Å². The first kappa shape index (κ1) is 11.4. The number of rotatable bonds is 2. The van der Waals surface area contributed by atoms with Gasteiger partial charge in [-0.3, -0.25) is 4.90 Å². The number of morpholine rings is 1. The minimum atomic E-state index is -0.445. The highest BCUT2D eigenvalue weighted by Gasteiger charge is 2.44. The van der Waals surface area contributed by atoms with E-state index < -0.39 is 5.60 Å². The van der Waals surface area contributed by atoms with Crippen molar-refractivity contribution in [2.24, 2.45) is 5.92 Å². The van der Waals surface area contributed by atoms with Gasteiger partial charge in [-0.2, -0.15) is 0 Å². The standard InChI is InChI=1S/C12H23NO2/c1-9(2)4-12(14)5-10-7-15-8-11(6-12)13(10)3/h9-11,14H,4-8H2,1-3H3. The van der Waals surface area contributed by atoms with Crippen molar-refractivity contribution in [3.05, 3.63) is 0 Å². The van der Waals surface area contributed by atoms with Gasteiger partial charge >= 0.3 is 0 Å². The molecule has 3 nitrogen and oxygen atoms in total. The molecule has 2 aliphatic heterocycles. The molecule has 3 heteroatoms. The number of fused-ring (bicyclic) bond motifs is 2. The number of hydrogen-bond donors (Lipinski definition) is 1. The third-order valence-electron chi connectivity index (χ3n) is 3.79. The fraction of sp³-hybridized carbons (Fsp3) is 1.00. The molecule has 2 bridgehead atoms. The third kappa shape index (κ3) is 2.35. The van der Waals surface area contributed by atoms with E-state index in [1.165, 1.54) is 0 Å². The Morgan fingerprint density at radius 1 is 1.33 bits per heavy atom. The van der Waals surface area contributed by atoms with E-state index in [-0.39, 0.29) is 0 Å². The molecule has 2 atom stereocenters. The van der Waals surface area contributed by atoms with Crippen LogP contribution >= 0.6 is 0 Å².